The van der Waals surface area contributed by atoms with Crippen molar-refractivity contribution in [3.8, 4) is 0 Å². The number of hydrogen-bond acceptors (Lipinski definition) is 2. The van der Waals surface area contributed by atoms with Gasteiger partial charge in [-0.05, 0) is 12.8 Å². The highest BCUT2D eigenvalue weighted by Crippen LogP contribution is 2.50. The highest BCUT2D eigenvalue weighted by atomic mass is 19.4. The zero-order valence-corrected chi connectivity index (χ0v) is 8.30. The molecule has 2 N–H and O–H groups in total. The lowest BCUT2D eigenvalue weighted by Crippen LogP contribution is -2.23. The van der Waals surface area contributed by atoms with Crippen molar-refractivity contribution in [3.63, 3.8) is 0 Å². The van der Waals surface area contributed by atoms with Crippen LogP contribution in [0, 0.1) is 0 Å². The summed E-state index contributed by atoms with van der Waals surface area (Å²) in [6, 6.07) is 0. The smallest absolute Gasteiger partial charge is 0.330 e. The summed E-state index contributed by atoms with van der Waals surface area (Å²) in [5, 5.41) is 3.47. The average molecular weight is 219 g/mol. The third kappa shape index (κ3) is 1.62. The summed E-state index contributed by atoms with van der Waals surface area (Å²) in [6.45, 7) is 0.252. The predicted molar refractivity (Wildman–Crippen MR) is 48.2 cm³/mol. The minimum atomic E-state index is -4.39. The minimum Gasteiger partial charge on any atom is -0.330 e. The fourth-order valence-electron chi connectivity index (χ4n) is 1.82. The minimum absolute atomic E-state index is 0.250. The first-order chi connectivity index (χ1) is 6.89. The van der Waals surface area contributed by atoms with Gasteiger partial charge in [-0.2, -0.15) is 18.3 Å². The van der Waals surface area contributed by atoms with E-state index < -0.39 is 17.3 Å². The van der Waals surface area contributed by atoms with E-state index in [2.05, 4.69) is 5.10 Å². The number of alkyl halides is 3. The first kappa shape index (κ1) is 10.5. The van der Waals surface area contributed by atoms with E-state index in [-0.39, 0.29) is 12.1 Å². The van der Waals surface area contributed by atoms with Gasteiger partial charge in [0, 0.05) is 30.8 Å². The van der Waals surface area contributed by atoms with Crippen LogP contribution in [0.15, 0.2) is 6.20 Å². The Morgan fingerprint density at radius 1 is 1.53 bits per heavy atom. The SMILES string of the molecule is Cn1cc(C2(CN)CC2)c(C(F)(F)F)n1. The summed E-state index contributed by atoms with van der Waals surface area (Å²) < 4.78 is 39.1. The molecule has 0 aliphatic heterocycles. The van der Waals surface area contributed by atoms with Crippen LogP contribution < -0.4 is 5.73 Å². The van der Waals surface area contributed by atoms with Gasteiger partial charge in [-0.15, -0.1) is 0 Å². The van der Waals surface area contributed by atoms with E-state index in [1.807, 2.05) is 0 Å². The van der Waals surface area contributed by atoms with E-state index in [0.717, 1.165) is 12.8 Å². The van der Waals surface area contributed by atoms with Crippen molar-refractivity contribution >= 4 is 0 Å². The predicted octanol–water partition coefficient (Wildman–Crippen LogP) is 1.43. The Kier molecular flexibility index (Phi) is 2.08. The van der Waals surface area contributed by atoms with Crippen molar-refractivity contribution in [1.29, 1.82) is 0 Å². The molecule has 3 nitrogen and oxygen atoms in total. The molecule has 1 heterocycles. The molecular formula is C9H12F3N3. The topological polar surface area (TPSA) is 43.8 Å². The molecule has 2 rings (SSSR count). The fraction of sp³-hybridized carbons (Fsp3) is 0.667. The van der Waals surface area contributed by atoms with E-state index in [1.54, 1.807) is 0 Å². The third-order valence-electron chi connectivity index (χ3n) is 2.91. The molecule has 0 radical (unpaired) electrons. The molecule has 84 valence electrons. The summed E-state index contributed by atoms with van der Waals surface area (Å²) in [6.07, 6.45) is -1.51. The van der Waals surface area contributed by atoms with Crippen LogP contribution in [0.25, 0.3) is 0 Å². The monoisotopic (exact) mass is 219 g/mol. The Labute approximate surface area is 85.1 Å². The standard InChI is InChI=1S/C9H12F3N3/c1-15-4-6(8(5-13)2-3-8)7(14-15)9(10,11)12/h4H,2-3,5,13H2,1H3. The Bertz CT molecular complexity index is 376. The van der Waals surface area contributed by atoms with Gasteiger partial charge in [-0.3, -0.25) is 4.68 Å². The summed E-state index contributed by atoms with van der Waals surface area (Å²) in [7, 11) is 1.49. The number of hydrogen-bond donors (Lipinski definition) is 1. The van der Waals surface area contributed by atoms with Crippen LogP contribution in [0.3, 0.4) is 0 Å². The Hall–Kier alpha value is -1.04. The summed E-state index contributed by atoms with van der Waals surface area (Å²) in [5.41, 5.74) is 4.51. The van der Waals surface area contributed by atoms with Crippen molar-refractivity contribution < 1.29 is 13.2 Å². The van der Waals surface area contributed by atoms with E-state index in [9.17, 15) is 13.2 Å². The lowest BCUT2D eigenvalue weighted by atomic mass is 9.96. The van der Waals surface area contributed by atoms with Gasteiger partial charge in [0.1, 0.15) is 0 Å². The lowest BCUT2D eigenvalue weighted by Gasteiger charge is -2.13. The molecule has 1 fully saturated rings. The molecule has 0 spiro atoms. The molecular weight excluding hydrogens is 207 g/mol. The molecule has 0 amide bonds. The maximum Gasteiger partial charge on any atom is 0.435 e. The van der Waals surface area contributed by atoms with Crippen LogP contribution in [0.4, 0.5) is 13.2 Å². The highest BCUT2D eigenvalue weighted by Gasteiger charge is 2.50. The second-order valence-electron chi connectivity index (χ2n) is 4.05. The summed E-state index contributed by atoms with van der Waals surface area (Å²) in [4.78, 5) is 0. The van der Waals surface area contributed by atoms with Crippen LogP contribution in [-0.2, 0) is 18.6 Å². The first-order valence-electron chi connectivity index (χ1n) is 4.70. The number of aryl methyl sites for hydroxylation is 1. The van der Waals surface area contributed by atoms with E-state index in [0.29, 0.717) is 0 Å². The normalized spacial score (nSPS) is 19.3. The zero-order valence-electron chi connectivity index (χ0n) is 8.30. The molecule has 6 heteroatoms. The van der Waals surface area contributed by atoms with E-state index in [4.69, 9.17) is 5.73 Å². The van der Waals surface area contributed by atoms with Crippen molar-refractivity contribution in [2.45, 2.75) is 24.4 Å². The lowest BCUT2D eigenvalue weighted by molar-refractivity contribution is -0.142. The van der Waals surface area contributed by atoms with Gasteiger partial charge in [-0.25, -0.2) is 0 Å². The molecule has 0 bridgehead atoms. The van der Waals surface area contributed by atoms with Crippen molar-refractivity contribution in [2.75, 3.05) is 6.54 Å². The van der Waals surface area contributed by atoms with E-state index in [1.165, 1.54) is 17.9 Å². The molecule has 0 aromatic carbocycles. The van der Waals surface area contributed by atoms with Crippen LogP contribution in [0.5, 0.6) is 0 Å². The van der Waals surface area contributed by atoms with Crippen molar-refractivity contribution in [2.24, 2.45) is 12.8 Å². The van der Waals surface area contributed by atoms with Gasteiger partial charge in [0.2, 0.25) is 0 Å². The molecule has 1 aliphatic carbocycles. The number of nitrogens with zero attached hydrogens (tertiary/aromatic N) is 2. The van der Waals surface area contributed by atoms with Crippen molar-refractivity contribution in [1.82, 2.24) is 9.78 Å². The summed E-state index contributed by atoms with van der Waals surface area (Å²) in [5.74, 6) is 0. The maximum absolute atomic E-state index is 12.6. The van der Waals surface area contributed by atoms with Crippen LogP contribution >= 0.6 is 0 Å². The number of rotatable bonds is 2. The summed E-state index contributed by atoms with van der Waals surface area (Å²) >= 11 is 0. The molecule has 0 saturated heterocycles. The van der Waals surface area contributed by atoms with Gasteiger partial charge in [0.15, 0.2) is 5.69 Å². The van der Waals surface area contributed by atoms with Gasteiger partial charge in [-0.1, -0.05) is 0 Å². The highest BCUT2D eigenvalue weighted by molar-refractivity contribution is 5.35. The molecule has 1 aromatic rings. The molecule has 0 atom stereocenters. The van der Waals surface area contributed by atoms with Gasteiger partial charge in [0.05, 0.1) is 0 Å². The zero-order chi connectivity index (χ0) is 11.3. The van der Waals surface area contributed by atoms with Crippen molar-refractivity contribution in [3.05, 3.63) is 17.5 Å². The van der Waals surface area contributed by atoms with Crippen LogP contribution in [0.2, 0.25) is 0 Å². The largest absolute Gasteiger partial charge is 0.435 e. The second-order valence-corrected chi connectivity index (χ2v) is 4.05. The third-order valence-corrected chi connectivity index (χ3v) is 2.91. The Morgan fingerprint density at radius 3 is 2.53 bits per heavy atom. The van der Waals surface area contributed by atoms with Gasteiger partial charge in [0.25, 0.3) is 0 Å². The van der Waals surface area contributed by atoms with Gasteiger partial charge >= 0.3 is 6.18 Å². The van der Waals surface area contributed by atoms with Crippen LogP contribution in [0.1, 0.15) is 24.1 Å². The number of halogens is 3. The number of aromatic nitrogens is 2. The molecule has 1 aliphatic rings. The first-order valence-corrected chi connectivity index (χ1v) is 4.70. The molecule has 1 saturated carbocycles. The number of nitrogens with two attached hydrogens (primary N) is 1. The molecule has 1 aromatic heterocycles. The quantitative estimate of drug-likeness (QED) is 0.817. The molecule has 0 unspecified atom stereocenters. The average Bonchev–Trinajstić information content (AvgIpc) is 2.82. The molecule has 15 heavy (non-hydrogen) atoms. The van der Waals surface area contributed by atoms with E-state index >= 15 is 0 Å². The second kappa shape index (κ2) is 2.98. The Balaban J connectivity index is 2.47. The maximum atomic E-state index is 12.6. The van der Waals surface area contributed by atoms with Crippen LogP contribution in [-0.4, -0.2) is 16.3 Å². The fourth-order valence-corrected chi connectivity index (χ4v) is 1.82. The van der Waals surface area contributed by atoms with Gasteiger partial charge < -0.3 is 5.73 Å². The Morgan fingerprint density at radius 2 is 2.13 bits per heavy atom.